The van der Waals surface area contributed by atoms with Gasteiger partial charge in [0.15, 0.2) is 0 Å². The molecular formula is C14H11Cl3N4O. The van der Waals surface area contributed by atoms with Gasteiger partial charge in [-0.2, -0.15) is 5.26 Å². The van der Waals surface area contributed by atoms with Crippen LogP contribution < -0.4 is 11.2 Å². The van der Waals surface area contributed by atoms with E-state index < -0.39 is 5.91 Å². The molecule has 3 N–H and O–H groups in total. The zero-order valence-electron chi connectivity index (χ0n) is 11.1. The third-order valence-corrected chi connectivity index (χ3v) is 3.34. The number of halogens is 3. The summed E-state index contributed by atoms with van der Waals surface area (Å²) < 4.78 is 1.45. The summed E-state index contributed by atoms with van der Waals surface area (Å²) in [6, 6.07) is 8.28. The molecule has 0 radical (unpaired) electrons. The molecule has 0 aliphatic heterocycles. The largest absolute Gasteiger partial charge is 0.365 e. The number of nitrogens with one attached hydrogen (secondary N) is 1. The van der Waals surface area contributed by atoms with Crippen LogP contribution in [0.5, 0.6) is 0 Å². The molecule has 0 bridgehead atoms. The first kappa shape index (κ1) is 18.1. The van der Waals surface area contributed by atoms with Crippen LogP contribution in [-0.2, 0) is 6.54 Å². The number of benzene rings is 1. The number of carbonyl (C=O) groups is 1. The van der Waals surface area contributed by atoms with Crippen LogP contribution in [0.4, 0.5) is 0 Å². The van der Waals surface area contributed by atoms with Crippen molar-refractivity contribution in [2.45, 2.75) is 6.54 Å². The monoisotopic (exact) mass is 356 g/mol. The molecule has 0 atom stereocenters. The Hall–Kier alpha value is -2.00. The average molecular weight is 358 g/mol. The van der Waals surface area contributed by atoms with Gasteiger partial charge in [0, 0.05) is 11.2 Å². The standard InChI is InChI=1S/C14H10Cl2N4O.ClH/c15-10-2-1-8(9(3-10)5-17)6-20-7-11(16)4-12(13(20)18)14(19)21;/h1-4,7,18H,6H2,(H2,19,21);1H. The van der Waals surface area contributed by atoms with E-state index in [2.05, 4.69) is 0 Å². The van der Waals surface area contributed by atoms with E-state index in [-0.39, 0.29) is 35.0 Å². The zero-order chi connectivity index (χ0) is 15.6. The van der Waals surface area contributed by atoms with E-state index in [1.165, 1.54) is 16.8 Å². The molecule has 22 heavy (non-hydrogen) atoms. The fraction of sp³-hybridized carbons (Fsp3) is 0.0714. The molecule has 2 rings (SSSR count). The highest BCUT2D eigenvalue weighted by Gasteiger charge is 2.10. The number of nitrogens with two attached hydrogens (primary N) is 1. The van der Waals surface area contributed by atoms with Gasteiger partial charge in [-0.3, -0.25) is 10.2 Å². The van der Waals surface area contributed by atoms with Crippen molar-refractivity contribution in [2.75, 3.05) is 0 Å². The summed E-state index contributed by atoms with van der Waals surface area (Å²) in [5.74, 6) is -0.729. The minimum Gasteiger partial charge on any atom is -0.365 e. The van der Waals surface area contributed by atoms with Gasteiger partial charge in [0.25, 0.3) is 5.91 Å². The molecule has 8 heteroatoms. The minimum absolute atomic E-state index is 0. The van der Waals surface area contributed by atoms with Crippen molar-refractivity contribution in [3.63, 3.8) is 0 Å². The molecule has 0 aliphatic rings. The lowest BCUT2D eigenvalue weighted by Crippen LogP contribution is -2.30. The Labute approximate surface area is 142 Å². The van der Waals surface area contributed by atoms with E-state index in [1.807, 2.05) is 6.07 Å². The van der Waals surface area contributed by atoms with Crippen LogP contribution in [0.1, 0.15) is 21.5 Å². The molecule has 1 heterocycles. The summed E-state index contributed by atoms with van der Waals surface area (Å²) in [4.78, 5) is 11.3. The fourth-order valence-electron chi connectivity index (χ4n) is 1.90. The van der Waals surface area contributed by atoms with Gasteiger partial charge >= 0.3 is 0 Å². The van der Waals surface area contributed by atoms with Gasteiger partial charge in [0.1, 0.15) is 5.49 Å². The van der Waals surface area contributed by atoms with Crippen LogP contribution in [-0.4, -0.2) is 10.5 Å². The van der Waals surface area contributed by atoms with Crippen LogP contribution in [0.2, 0.25) is 10.0 Å². The smallest absolute Gasteiger partial charge is 0.252 e. The van der Waals surface area contributed by atoms with Crippen LogP contribution in [0.3, 0.4) is 0 Å². The first-order valence-electron chi connectivity index (χ1n) is 5.85. The predicted molar refractivity (Wildman–Crippen MR) is 86.3 cm³/mol. The van der Waals surface area contributed by atoms with Crippen molar-refractivity contribution in [1.29, 1.82) is 10.7 Å². The molecule has 2 aromatic rings. The lowest BCUT2D eigenvalue weighted by Gasteiger charge is -2.11. The number of nitrogens with zero attached hydrogens (tertiary/aromatic N) is 2. The zero-order valence-corrected chi connectivity index (χ0v) is 13.5. The average Bonchev–Trinajstić information content (AvgIpc) is 2.43. The van der Waals surface area contributed by atoms with Crippen molar-refractivity contribution < 1.29 is 4.79 Å². The van der Waals surface area contributed by atoms with E-state index in [9.17, 15) is 4.79 Å². The Morgan fingerprint density at radius 1 is 1.32 bits per heavy atom. The van der Waals surface area contributed by atoms with Gasteiger partial charge in [-0.25, -0.2) is 0 Å². The Morgan fingerprint density at radius 3 is 2.59 bits per heavy atom. The van der Waals surface area contributed by atoms with Crippen LogP contribution in [0, 0.1) is 16.7 Å². The number of amides is 1. The lowest BCUT2D eigenvalue weighted by molar-refractivity contribution is 0.0998. The number of carbonyl (C=O) groups excluding carboxylic acids is 1. The van der Waals surface area contributed by atoms with Gasteiger partial charge < -0.3 is 10.3 Å². The minimum atomic E-state index is -0.729. The SMILES string of the molecule is Cl.N#Cc1cc(Cl)ccc1Cn1cc(Cl)cc(C(N)=O)c1=N. The summed E-state index contributed by atoms with van der Waals surface area (Å²) in [5.41, 5.74) is 6.24. The van der Waals surface area contributed by atoms with E-state index in [4.69, 9.17) is 39.6 Å². The third kappa shape index (κ3) is 3.80. The normalized spacial score (nSPS) is 9.68. The molecule has 0 fully saturated rings. The van der Waals surface area contributed by atoms with Crippen molar-refractivity contribution in [3.8, 4) is 6.07 Å². The number of hydrogen-bond acceptors (Lipinski definition) is 3. The van der Waals surface area contributed by atoms with Crippen molar-refractivity contribution in [3.05, 3.63) is 62.7 Å². The molecule has 1 amide bonds. The maximum atomic E-state index is 11.3. The van der Waals surface area contributed by atoms with E-state index in [0.29, 0.717) is 16.1 Å². The topological polar surface area (TPSA) is 95.7 Å². The quantitative estimate of drug-likeness (QED) is 0.883. The second-order valence-electron chi connectivity index (χ2n) is 4.33. The van der Waals surface area contributed by atoms with Crippen molar-refractivity contribution in [2.24, 2.45) is 5.73 Å². The van der Waals surface area contributed by atoms with Gasteiger partial charge in [-0.1, -0.05) is 29.3 Å². The number of primary amides is 1. The molecule has 0 saturated heterocycles. The second-order valence-corrected chi connectivity index (χ2v) is 5.20. The van der Waals surface area contributed by atoms with E-state index in [1.54, 1.807) is 18.2 Å². The Kier molecular flexibility index (Phi) is 6.01. The molecule has 0 aliphatic carbocycles. The Morgan fingerprint density at radius 2 is 2.00 bits per heavy atom. The van der Waals surface area contributed by atoms with Crippen LogP contribution >= 0.6 is 35.6 Å². The molecule has 5 nitrogen and oxygen atoms in total. The van der Waals surface area contributed by atoms with Gasteiger partial charge in [0.2, 0.25) is 0 Å². The van der Waals surface area contributed by atoms with E-state index >= 15 is 0 Å². The highest BCUT2D eigenvalue weighted by atomic mass is 35.5. The molecule has 0 saturated carbocycles. The first-order chi connectivity index (χ1) is 9.92. The Bertz CT molecular complexity index is 824. The third-order valence-electron chi connectivity index (χ3n) is 2.90. The molecule has 114 valence electrons. The number of hydrogen-bond donors (Lipinski definition) is 2. The van der Waals surface area contributed by atoms with E-state index in [0.717, 1.165) is 0 Å². The van der Waals surface area contributed by atoms with Crippen molar-refractivity contribution in [1.82, 2.24) is 4.57 Å². The summed E-state index contributed by atoms with van der Waals surface area (Å²) in [5, 5.41) is 17.8. The highest BCUT2D eigenvalue weighted by molar-refractivity contribution is 6.31. The van der Waals surface area contributed by atoms with Gasteiger partial charge in [-0.05, 0) is 23.8 Å². The number of rotatable bonds is 3. The molecule has 1 aromatic heterocycles. The van der Waals surface area contributed by atoms with Crippen LogP contribution in [0.15, 0.2) is 30.5 Å². The van der Waals surface area contributed by atoms with Gasteiger partial charge in [0.05, 0.1) is 28.8 Å². The molecular weight excluding hydrogens is 347 g/mol. The van der Waals surface area contributed by atoms with Crippen LogP contribution in [0.25, 0.3) is 0 Å². The summed E-state index contributed by atoms with van der Waals surface area (Å²) in [7, 11) is 0. The lowest BCUT2D eigenvalue weighted by atomic mass is 10.1. The molecule has 0 unspecified atom stereocenters. The fourth-order valence-corrected chi connectivity index (χ4v) is 2.30. The summed E-state index contributed by atoms with van der Waals surface area (Å²) in [6.45, 7) is 0.208. The molecule has 0 spiro atoms. The van der Waals surface area contributed by atoms with Crippen molar-refractivity contribution >= 4 is 41.5 Å². The first-order valence-corrected chi connectivity index (χ1v) is 6.61. The highest BCUT2D eigenvalue weighted by Crippen LogP contribution is 2.17. The number of nitriles is 1. The second kappa shape index (κ2) is 7.32. The predicted octanol–water partition coefficient (Wildman–Crippen LogP) is 2.72. The number of pyridine rings is 1. The summed E-state index contributed by atoms with van der Waals surface area (Å²) in [6.07, 6.45) is 1.51. The summed E-state index contributed by atoms with van der Waals surface area (Å²) >= 11 is 11.8. The van der Waals surface area contributed by atoms with Gasteiger partial charge in [-0.15, -0.1) is 12.4 Å². The molecule has 1 aromatic carbocycles. The Balaban J connectivity index is 0.00000242. The maximum Gasteiger partial charge on any atom is 0.252 e. The number of aromatic nitrogens is 1. The maximum absolute atomic E-state index is 11.3.